The number of anilines is 1. The van der Waals surface area contributed by atoms with Gasteiger partial charge in [0.15, 0.2) is 11.5 Å². The second-order valence-corrected chi connectivity index (χ2v) is 7.68. The summed E-state index contributed by atoms with van der Waals surface area (Å²) < 4.78 is 38.6. The predicted octanol–water partition coefficient (Wildman–Crippen LogP) is 2.58. The molecule has 0 amide bonds. The van der Waals surface area contributed by atoms with E-state index in [1.54, 1.807) is 6.33 Å². The summed E-state index contributed by atoms with van der Waals surface area (Å²) in [5.74, 6) is 0.861. The second kappa shape index (κ2) is 7.35. The standard InChI is InChI=1S/C12H19ClF2N5O3P/c13-9-8-10(19-11(16)18-9)20(7-17-8)6-4-2-1-3-5-12(14,15)24(21,22)23/h7,9H,1-6H2,(H3,16,18,19)(H2,21,22,23). The van der Waals surface area contributed by atoms with E-state index in [9.17, 15) is 13.3 Å². The van der Waals surface area contributed by atoms with E-state index in [-0.39, 0.29) is 12.4 Å². The lowest BCUT2D eigenvalue weighted by Gasteiger charge is -2.18. The quantitative estimate of drug-likeness (QED) is 0.236. The van der Waals surface area contributed by atoms with Crippen molar-refractivity contribution in [3.63, 3.8) is 0 Å². The van der Waals surface area contributed by atoms with Gasteiger partial charge >= 0.3 is 13.3 Å². The van der Waals surface area contributed by atoms with Crippen LogP contribution in [0.5, 0.6) is 0 Å². The topological polar surface area (TPSA) is 126 Å². The molecule has 8 nitrogen and oxygen atoms in total. The zero-order chi connectivity index (χ0) is 18.0. The normalized spacial score (nSPS) is 18.0. The fourth-order valence-corrected chi connectivity index (χ4v) is 3.05. The van der Waals surface area contributed by atoms with Gasteiger partial charge in [-0.2, -0.15) is 8.78 Å². The van der Waals surface area contributed by atoms with Gasteiger partial charge in [-0.25, -0.2) is 9.98 Å². The van der Waals surface area contributed by atoms with Crippen molar-refractivity contribution in [3.8, 4) is 0 Å². The minimum absolute atomic E-state index is 0.0434. The van der Waals surface area contributed by atoms with E-state index < -0.39 is 25.2 Å². The molecule has 12 heteroatoms. The molecule has 0 aromatic carbocycles. The number of rotatable bonds is 8. The highest BCUT2D eigenvalue weighted by Crippen LogP contribution is 2.55. The molecule has 1 aromatic rings. The summed E-state index contributed by atoms with van der Waals surface area (Å²) >= 11 is 6.02. The molecular weight excluding hydrogens is 367 g/mol. The highest BCUT2D eigenvalue weighted by Gasteiger charge is 2.47. The predicted molar refractivity (Wildman–Crippen MR) is 86.1 cm³/mol. The van der Waals surface area contributed by atoms with Crippen LogP contribution in [0.15, 0.2) is 11.3 Å². The molecule has 0 fully saturated rings. The largest absolute Gasteiger partial charge is 0.394 e. The van der Waals surface area contributed by atoms with Crippen molar-refractivity contribution in [1.82, 2.24) is 9.55 Å². The molecule has 0 saturated carbocycles. The Labute approximate surface area is 142 Å². The molecule has 2 heterocycles. The van der Waals surface area contributed by atoms with E-state index >= 15 is 0 Å². The number of alkyl halides is 3. The molecule has 24 heavy (non-hydrogen) atoms. The van der Waals surface area contributed by atoms with Crippen LogP contribution in [-0.4, -0.2) is 31.0 Å². The molecule has 2 rings (SSSR count). The first kappa shape index (κ1) is 19.1. The Morgan fingerprint density at radius 1 is 1.38 bits per heavy atom. The number of guanidine groups is 1. The molecule has 0 radical (unpaired) electrons. The lowest BCUT2D eigenvalue weighted by atomic mass is 10.1. The fourth-order valence-electron chi connectivity index (χ4n) is 2.33. The van der Waals surface area contributed by atoms with Crippen molar-refractivity contribution in [2.45, 2.75) is 49.8 Å². The molecule has 1 atom stereocenters. The maximum atomic E-state index is 13.1. The van der Waals surface area contributed by atoms with Crippen molar-refractivity contribution < 1.29 is 23.1 Å². The third-order valence-electron chi connectivity index (χ3n) is 3.64. The Balaban J connectivity index is 1.74. The molecule has 0 spiro atoms. The van der Waals surface area contributed by atoms with Crippen molar-refractivity contribution in [1.29, 1.82) is 0 Å². The Morgan fingerprint density at radius 2 is 2.04 bits per heavy atom. The number of aryl methyl sites for hydroxylation is 1. The number of halogens is 3. The number of aliphatic imine (C=N–C) groups is 1. The van der Waals surface area contributed by atoms with Gasteiger partial charge in [0.1, 0.15) is 11.5 Å². The first-order valence-corrected chi connectivity index (χ1v) is 9.39. The molecule has 0 aliphatic carbocycles. The van der Waals surface area contributed by atoms with Gasteiger partial charge < -0.3 is 25.4 Å². The van der Waals surface area contributed by atoms with Crippen LogP contribution >= 0.6 is 19.2 Å². The van der Waals surface area contributed by atoms with Crippen LogP contribution < -0.4 is 11.1 Å². The monoisotopic (exact) mass is 385 g/mol. The molecule has 0 saturated heterocycles. The second-order valence-electron chi connectivity index (χ2n) is 5.52. The van der Waals surface area contributed by atoms with E-state index in [2.05, 4.69) is 15.3 Å². The Kier molecular flexibility index (Phi) is 5.85. The summed E-state index contributed by atoms with van der Waals surface area (Å²) in [7, 11) is -5.38. The summed E-state index contributed by atoms with van der Waals surface area (Å²) in [4.78, 5) is 25.2. The van der Waals surface area contributed by atoms with Gasteiger partial charge in [0.25, 0.3) is 0 Å². The molecule has 136 valence electrons. The van der Waals surface area contributed by atoms with E-state index in [0.29, 0.717) is 37.3 Å². The number of aromatic nitrogens is 2. The lowest BCUT2D eigenvalue weighted by molar-refractivity contribution is 0.0476. The lowest BCUT2D eigenvalue weighted by Crippen LogP contribution is -2.28. The number of fused-ring (bicyclic) bond motifs is 1. The highest BCUT2D eigenvalue weighted by molar-refractivity contribution is 7.53. The summed E-state index contributed by atoms with van der Waals surface area (Å²) in [6, 6.07) is 0. The summed E-state index contributed by atoms with van der Waals surface area (Å²) in [5.41, 5.74) is 1.60. The van der Waals surface area contributed by atoms with Crippen LogP contribution in [0.2, 0.25) is 0 Å². The molecule has 1 aliphatic heterocycles. The van der Waals surface area contributed by atoms with Gasteiger partial charge in [-0.3, -0.25) is 4.57 Å². The molecule has 5 N–H and O–H groups in total. The van der Waals surface area contributed by atoms with Crippen LogP contribution in [0.4, 0.5) is 14.6 Å². The van der Waals surface area contributed by atoms with Crippen LogP contribution in [0.1, 0.15) is 43.3 Å². The zero-order valence-corrected chi connectivity index (χ0v) is 14.4. The average Bonchev–Trinajstić information content (AvgIpc) is 2.84. The minimum Gasteiger partial charge on any atom is -0.370 e. The SMILES string of the molecule is NC1=NC(Cl)c2ncn(CCCCCCC(F)(F)P(=O)(O)O)c2N1. The highest BCUT2D eigenvalue weighted by atomic mass is 35.5. The molecule has 1 unspecified atom stereocenters. The van der Waals surface area contributed by atoms with Gasteiger partial charge in [0.2, 0.25) is 0 Å². The van der Waals surface area contributed by atoms with Crippen LogP contribution in [0, 0.1) is 0 Å². The zero-order valence-electron chi connectivity index (χ0n) is 12.7. The fraction of sp³-hybridized carbons (Fsp3) is 0.667. The van der Waals surface area contributed by atoms with Gasteiger partial charge in [-0.1, -0.05) is 24.4 Å². The number of nitrogens with one attached hydrogen (secondary N) is 1. The molecular formula is C12H19ClF2N5O3P. The molecule has 1 aliphatic rings. The average molecular weight is 386 g/mol. The van der Waals surface area contributed by atoms with E-state index in [0.717, 1.165) is 0 Å². The first-order chi connectivity index (χ1) is 11.1. The van der Waals surface area contributed by atoms with Crippen molar-refractivity contribution in [2.24, 2.45) is 10.7 Å². The number of nitrogens with two attached hydrogens (primary N) is 1. The number of imidazole rings is 1. The van der Waals surface area contributed by atoms with Gasteiger partial charge in [-0.05, 0) is 12.8 Å². The third-order valence-corrected chi connectivity index (χ3v) is 5.02. The summed E-state index contributed by atoms with van der Waals surface area (Å²) in [6.07, 6.45) is 2.60. The van der Waals surface area contributed by atoms with E-state index in [1.807, 2.05) is 4.57 Å². The summed E-state index contributed by atoms with van der Waals surface area (Å²) in [5, 5.41) is 2.89. The number of unbranched alkanes of at least 4 members (excludes halogenated alkanes) is 3. The van der Waals surface area contributed by atoms with Crippen LogP contribution in [0.25, 0.3) is 0 Å². The minimum atomic E-state index is -5.38. The number of nitrogens with zero attached hydrogens (tertiary/aromatic N) is 3. The van der Waals surface area contributed by atoms with Crippen LogP contribution in [0.3, 0.4) is 0 Å². The smallest absolute Gasteiger partial charge is 0.370 e. The van der Waals surface area contributed by atoms with E-state index in [4.69, 9.17) is 27.1 Å². The maximum absolute atomic E-state index is 13.1. The van der Waals surface area contributed by atoms with E-state index in [1.165, 1.54) is 0 Å². The Morgan fingerprint density at radius 3 is 2.71 bits per heavy atom. The first-order valence-electron chi connectivity index (χ1n) is 7.34. The molecule has 1 aromatic heterocycles. The third kappa shape index (κ3) is 4.44. The maximum Gasteiger partial charge on any atom is 0.394 e. The summed E-state index contributed by atoms with van der Waals surface area (Å²) in [6.45, 7) is 0.584. The van der Waals surface area contributed by atoms with Gasteiger partial charge in [0, 0.05) is 13.0 Å². The Hall–Kier alpha value is -1.22. The van der Waals surface area contributed by atoms with Gasteiger partial charge in [-0.15, -0.1) is 0 Å². The number of hydrogen-bond donors (Lipinski definition) is 4. The van der Waals surface area contributed by atoms with Crippen molar-refractivity contribution in [3.05, 3.63) is 12.0 Å². The molecule has 0 bridgehead atoms. The Bertz CT molecular complexity index is 663. The van der Waals surface area contributed by atoms with Crippen LogP contribution in [-0.2, 0) is 11.1 Å². The van der Waals surface area contributed by atoms with Crippen molar-refractivity contribution >= 4 is 31.0 Å². The number of hydrogen-bond acceptors (Lipinski definition) is 5. The van der Waals surface area contributed by atoms with Crippen molar-refractivity contribution in [2.75, 3.05) is 5.32 Å². The van der Waals surface area contributed by atoms with Gasteiger partial charge in [0.05, 0.1) is 6.33 Å².